The molecule has 0 radical (unpaired) electrons. The van der Waals surface area contributed by atoms with Crippen molar-refractivity contribution < 1.29 is 30.0 Å². The molecule has 2 saturated carbocycles. The Balaban J connectivity index is 0.000000224. The van der Waals surface area contributed by atoms with Gasteiger partial charge in [-0.15, -0.1) is 0 Å². The van der Waals surface area contributed by atoms with Crippen molar-refractivity contribution >= 4 is 11.9 Å². The number of hydrogen-bond acceptors (Lipinski definition) is 4. The molecule has 0 aromatic rings. The van der Waals surface area contributed by atoms with Gasteiger partial charge in [-0.2, -0.15) is 0 Å². The normalized spacial score (nSPS) is 23.0. The lowest BCUT2D eigenvalue weighted by molar-refractivity contribution is -0.167. The molecule has 2 aliphatic carbocycles. The molecule has 2 rings (SSSR count). The minimum atomic E-state index is -1.49. The summed E-state index contributed by atoms with van der Waals surface area (Å²) in [6.07, 6.45) is 8.51. The van der Waals surface area contributed by atoms with Gasteiger partial charge in [-0.25, -0.2) is 0 Å². The zero-order valence-corrected chi connectivity index (χ0v) is 13.1. The van der Waals surface area contributed by atoms with Gasteiger partial charge in [0.15, 0.2) is 5.41 Å². The summed E-state index contributed by atoms with van der Waals surface area (Å²) >= 11 is 0. The van der Waals surface area contributed by atoms with E-state index < -0.39 is 17.4 Å². The first-order chi connectivity index (χ1) is 10.4. The Hall–Kier alpha value is -1.14. The summed E-state index contributed by atoms with van der Waals surface area (Å²) in [5.41, 5.74) is -1.61. The Labute approximate surface area is 131 Å². The van der Waals surface area contributed by atoms with E-state index in [1.165, 1.54) is 19.3 Å². The number of aliphatic hydroxyl groups excluding tert-OH is 2. The number of carbonyl (C=O) groups is 2. The van der Waals surface area contributed by atoms with Gasteiger partial charge in [-0.05, 0) is 25.7 Å². The van der Waals surface area contributed by atoms with Gasteiger partial charge in [-0.1, -0.05) is 38.5 Å². The highest BCUT2D eigenvalue weighted by atomic mass is 16.4. The van der Waals surface area contributed by atoms with E-state index in [1.807, 2.05) is 0 Å². The zero-order chi connectivity index (χ0) is 16.6. The van der Waals surface area contributed by atoms with E-state index in [2.05, 4.69) is 0 Å². The Kier molecular flexibility index (Phi) is 7.29. The summed E-state index contributed by atoms with van der Waals surface area (Å²) in [6.45, 7) is 0.312. The van der Waals surface area contributed by atoms with E-state index in [0.29, 0.717) is 12.8 Å². The Morgan fingerprint density at radius 3 is 1.27 bits per heavy atom. The van der Waals surface area contributed by atoms with Crippen LogP contribution in [0.3, 0.4) is 0 Å². The van der Waals surface area contributed by atoms with Crippen LogP contribution in [0.2, 0.25) is 0 Å². The first-order valence-corrected chi connectivity index (χ1v) is 8.11. The molecule has 2 aliphatic rings. The van der Waals surface area contributed by atoms with E-state index in [9.17, 15) is 9.59 Å². The van der Waals surface area contributed by atoms with Gasteiger partial charge in [0.2, 0.25) is 0 Å². The summed E-state index contributed by atoms with van der Waals surface area (Å²) in [4.78, 5) is 21.5. The first kappa shape index (κ1) is 18.9. The van der Waals surface area contributed by atoms with Crippen LogP contribution in [0.1, 0.15) is 64.2 Å². The lowest BCUT2D eigenvalue weighted by Crippen LogP contribution is -2.40. The molecule has 0 unspecified atom stereocenters. The second kappa shape index (κ2) is 8.48. The Bertz CT molecular complexity index is 345. The molecule has 6 heteroatoms. The standard InChI is InChI=1S/C8H12O4.C8H16O2/c9-6(10)8(7(11)12)4-2-1-3-5-8;9-6-8(7-10)4-2-1-3-5-8/h1-5H2,(H,9,10)(H,11,12);9-10H,1-7H2. The van der Waals surface area contributed by atoms with Crippen molar-refractivity contribution in [1.82, 2.24) is 0 Å². The summed E-state index contributed by atoms with van der Waals surface area (Å²) < 4.78 is 0. The van der Waals surface area contributed by atoms with Gasteiger partial charge in [0.05, 0.1) is 13.2 Å². The van der Waals surface area contributed by atoms with Crippen LogP contribution in [0.4, 0.5) is 0 Å². The monoisotopic (exact) mass is 316 g/mol. The van der Waals surface area contributed by atoms with Crippen LogP contribution in [-0.4, -0.2) is 45.6 Å². The second-order valence-corrected chi connectivity index (χ2v) is 6.63. The van der Waals surface area contributed by atoms with Crippen molar-refractivity contribution in [2.45, 2.75) is 64.2 Å². The van der Waals surface area contributed by atoms with Crippen LogP contribution in [0.15, 0.2) is 0 Å². The van der Waals surface area contributed by atoms with E-state index >= 15 is 0 Å². The fourth-order valence-electron chi connectivity index (χ4n) is 3.34. The molecule has 0 bridgehead atoms. The predicted octanol–water partition coefficient (Wildman–Crippen LogP) is 2.03. The highest BCUT2D eigenvalue weighted by molar-refractivity contribution is 5.98. The van der Waals surface area contributed by atoms with Crippen LogP contribution in [0.25, 0.3) is 0 Å². The Morgan fingerprint density at radius 2 is 1.05 bits per heavy atom. The molecule has 0 aliphatic heterocycles. The average Bonchev–Trinajstić information content (AvgIpc) is 2.56. The maximum Gasteiger partial charge on any atom is 0.321 e. The van der Waals surface area contributed by atoms with Crippen LogP contribution in [0, 0.1) is 10.8 Å². The van der Waals surface area contributed by atoms with Gasteiger partial charge in [0.25, 0.3) is 0 Å². The smallest absolute Gasteiger partial charge is 0.321 e. The molecular formula is C16H28O6. The molecule has 0 heterocycles. The maximum absolute atomic E-state index is 10.7. The molecule has 0 aromatic carbocycles. The van der Waals surface area contributed by atoms with Crippen molar-refractivity contribution in [3.8, 4) is 0 Å². The number of aliphatic hydroxyl groups is 2. The van der Waals surface area contributed by atoms with Crippen LogP contribution in [-0.2, 0) is 9.59 Å². The topological polar surface area (TPSA) is 115 Å². The Morgan fingerprint density at radius 1 is 0.682 bits per heavy atom. The van der Waals surface area contributed by atoms with E-state index in [1.54, 1.807) is 0 Å². The maximum atomic E-state index is 10.7. The van der Waals surface area contributed by atoms with Gasteiger partial charge < -0.3 is 20.4 Å². The number of carboxylic acid groups (broad SMARTS) is 2. The fraction of sp³-hybridized carbons (Fsp3) is 0.875. The van der Waals surface area contributed by atoms with Gasteiger partial charge in [-0.3, -0.25) is 9.59 Å². The largest absolute Gasteiger partial charge is 0.480 e. The number of carboxylic acids is 2. The lowest BCUT2D eigenvalue weighted by Gasteiger charge is -2.33. The van der Waals surface area contributed by atoms with Crippen LogP contribution in [0.5, 0.6) is 0 Å². The van der Waals surface area contributed by atoms with Gasteiger partial charge >= 0.3 is 11.9 Å². The van der Waals surface area contributed by atoms with Crippen molar-refractivity contribution in [2.75, 3.05) is 13.2 Å². The molecule has 4 N–H and O–H groups in total. The first-order valence-electron chi connectivity index (χ1n) is 8.11. The van der Waals surface area contributed by atoms with E-state index in [-0.39, 0.29) is 31.5 Å². The molecule has 0 aromatic heterocycles. The third-order valence-corrected chi connectivity index (χ3v) is 5.11. The molecule has 0 saturated heterocycles. The van der Waals surface area contributed by atoms with Crippen molar-refractivity contribution in [3.05, 3.63) is 0 Å². The molecule has 128 valence electrons. The minimum Gasteiger partial charge on any atom is -0.480 e. The average molecular weight is 316 g/mol. The van der Waals surface area contributed by atoms with Crippen molar-refractivity contribution in [1.29, 1.82) is 0 Å². The van der Waals surface area contributed by atoms with Crippen molar-refractivity contribution in [2.24, 2.45) is 10.8 Å². The van der Waals surface area contributed by atoms with Gasteiger partial charge in [0.1, 0.15) is 0 Å². The third-order valence-electron chi connectivity index (χ3n) is 5.11. The summed E-state index contributed by atoms with van der Waals surface area (Å²) in [6, 6.07) is 0. The third kappa shape index (κ3) is 4.43. The van der Waals surface area contributed by atoms with Crippen LogP contribution < -0.4 is 0 Å². The molecule has 6 nitrogen and oxygen atoms in total. The molecule has 2 fully saturated rings. The quantitative estimate of drug-likeness (QED) is 0.590. The number of hydrogen-bond donors (Lipinski definition) is 4. The highest BCUT2D eigenvalue weighted by Crippen LogP contribution is 2.37. The highest BCUT2D eigenvalue weighted by Gasteiger charge is 2.46. The zero-order valence-electron chi connectivity index (χ0n) is 13.1. The molecule has 22 heavy (non-hydrogen) atoms. The predicted molar refractivity (Wildman–Crippen MR) is 80.5 cm³/mol. The number of aliphatic carboxylic acids is 2. The van der Waals surface area contributed by atoms with E-state index in [4.69, 9.17) is 20.4 Å². The summed E-state index contributed by atoms with van der Waals surface area (Å²) in [7, 11) is 0. The summed E-state index contributed by atoms with van der Waals surface area (Å²) in [5, 5.41) is 35.5. The van der Waals surface area contributed by atoms with Crippen LogP contribution >= 0.6 is 0 Å². The fourth-order valence-corrected chi connectivity index (χ4v) is 3.34. The lowest BCUT2D eigenvalue weighted by atomic mass is 9.74. The van der Waals surface area contributed by atoms with E-state index in [0.717, 1.165) is 19.3 Å². The van der Waals surface area contributed by atoms with Gasteiger partial charge in [0, 0.05) is 5.41 Å². The molecular weight excluding hydrogens is 288 g/mol. The molecule has 0 atom stereocenters. The molecule has 0 amide bonds. The number of rotatable bonds is 4. The second-order valence-electron chi connectivity index (χ2n) is 6.63. The SMILES string of the molecule is O=C(O)C1(C(=O)O)CCCCC1.OCC1(CO)CCCCC1. The van der Waals surface area contributed by atoms with Crippen molar-refractivity contribution in [3.63, 3.8) is 0 Å². The molecule has 0 spiro atoms. The minimum absolute atomic E-state index is 0.127. The summed E-state index contributed by atoms with van der Waals surface area (Å²) in [5.74, 6) is -2.37.